The van der Waals surface area contributed by atoms with Crippen LogP contribution in [0.15, 0.2) is 51.4 Å². The number of furan rings is 1. The molecular formula is C15H13ClN2OS. The van der Waals surface area contributed by atoms with Crippen molar-refractivity contribution >= 4 is 40.4 Å². The summed E-state index contributed by atoms with van der Waals surface area (Å²) in [6, 6.07) is 10.5. The standard InChI is InChI=1S/C15H12N2OS.ClH/c1-3-10(13-5-2-8-19-13)12-9-18-14(11(12)4-1)15-16-6-7-17-15;/h1-5,8-9H,6-7H2,(H,16,17);1H. The van der Waals surface area contributed by atoms with Crippen LogP contribution in [0.4, 0.5) is 0 Å². The van der Waals surface area contributed by atoms with Crippen molar-refractivity contribution < 1.29 is 4.42 Å². The van der Waals surface area contributed by atoms with Gasteiger partial charge in [-0.3, -0.25) is 4.99 Å². The van der Waals surface area contributed by atoms with Crippen LogP contribution in [-0.2, 0) is 0 Å². The van der Waals surface area contributed by atoms with Gasteiger partial charge in [0.05, 0.1) is 12.8 Å². The third-order valence-electron chi connectivity index (χ3n) is 3.32. The van der Waals surface area contributed by atoms with Gasteiger partial charge in [-0.15, -0.1) is 23.7 Å². The van der Waals surface area contributed by atoms with Gasteiger partial charge in [0.2, 0.25) is 0 Å². The van der Waals surface area contributed by atoms with Gasteiger partial charge in [0, 0.05) is 27.8 Å². The minimum Gasteiger partial charge on any atom is -0.460 e. The van der Waals surface area contributed by atoms with Gasteiger partial charge in [-0.05, 0) is 11.4 Å². The van der Waals surface area contributed by atoms with Crippen LogP contribution in [0.3, 0.4) is 0 Å². The molecule has 1 N–H and O–H groups in total. The summed E-state index contributed by atoms with van der Waals surface area (Å²) in [6.45, 7) is 1.71. The summed E-state index contributed by atoms with van der Waals surface area (Å²) in [5.41, 5.74) is 1.22. The second-order valence-electron chi connectivity index (χ2n) is 4.47. The molecule has 0 saturated carbocycles. The molecule has 5 heteroatoms. The van der Waals surface area contributed by atoms with Gasteiger partial charge in [0.15, 0.2) is 11.6 Å². The quantitative estimate of drug-likeness (QED) is 0.779. The van der Waals surface area contributed by atoms with E-state index in [0.29, 0.717) is 0 Å². The second-order valence-corrected chi connectivity index (χ2v) is 5.41. The zero-order valence-corrected chi connectivity index (χ0v) is 12.3. The first-order valence-corrected chi connectivity index (χ1v) is 7.14. The summed E-state index contributed by atoms with van der Waals surface area (Å²) in [5, 5.41) is 7.63. The largest absolute Gasteiger partial charge is 0.460 e. The molecular weight excluding hydrogens is 292 g/mol. The van der Waals surface area contributed by atoms with Gasteiger partial charge >= 0.3 is 0 Å². The Hall–Kier alpha value is -1.78. The zero-order valence-electron chi connectivity index (χ0n) is 10.6. The number of halogens is 1. The molecule has 1 aromatic carbocycles. The van der Waals surface area contributed by atoms with E-state index >= 15 is 0 Å². The van der Waals surface area contributed by atoms with Crippen LogP contribution >= 0.6 is 23.7 Å². The fourth-order valence-corrected chi connectivity index (χ4v) is 3.22. The molecule has 3 heterocycles. The molecule has 0 radical (unpaired) electrons. The van der Waals surface area contributed by atoms with Crippen LogP contribution in [0.25, 0.3) is 21.2 Å². The summed E-state index contributed by atoms with van der Waals surface area (Å²) in [4.78, 5) is 5.70. The number of amidine groups is 1. The van der Waals surface area contributed by atoms with Crippen molar-refractivity contribution in [1.82, 2.24) is 5.32 Å². The third kappa shape index (κ3) is 2.01. The summed E-state index contributed by atoms with van der Waals surface area (Å²) in [7, 11) is 0. The first-order chi connectivity index (χ1) is 9.43. The normalized spacial score (nSPS) is 13.9. The van der Waals surface area contributed by atoms with Crippen LogP contribution in [0, 0.1) is 0 Å². The van der Waals surface area contributed by atoms with Crippen LogP contribution < -0.4 is 5.32 Å². The Labute approximate surface area is 126 Å². The number of hydrogen-bond acceptors (Lipinski definition) is 4. The predicted octanol–water partition coefficient (Wildman–Crippen LogP) is 3.93. The minimum absolute atomic E-state index is 0. The molecule has 20 heavy (non-hydrogen) atoms. The van der Waals surface area contributed by atoms with Crippen molar-refractivity contribution in [3.63, 3.8) is 0 Å². The molecule has 1 aliphatic rings. The molecule has 0 aliphatic carbocycles. The smallest absolute Gasteiger partial charge is 0.176 e. The van der Waals surface area contributed by atoms with E-state index < -0.39 is 0 Å². The fraction of sp³-hybridized carbons (Fsp3) is 0.133. The number of nitrogens with one attached hydrogen (secondary N) is 1. The maximum absolute atomic E-state index is 5.75. The minimum atomic E-state index is 0. The number of hydrogen-bond donors (Lipinski definition) is 1. The lowest BCUT2D eigenvalue weighted by molar-refractivity contribution is 0.560. The molecule has 0 saturated heterocycles. The van der Waals surface area contributed by atoms with Gasteiger partial charge in [-0.25, -0.2) is 0 Å². The number of fused-ring (bicyclic) bond motifs is 1. The van der Waals surface area contributed by atoms with E-state index in [2.05, 4.69) is 46.0 Å². The average Bonchev–Trinajstić information content (AvgIpc) is 3.18. The van der Waals surface area contributed by atoms with Gasteiger partial charge < -0.3 is 9.73 Å². The third-order valence-corrected chi connectivity index (χ3v) is 4.22. The fourth-order valence-electron chi connectivity index (χ4n) is 2.45. The van der Waals surface area contributed by atoms with E-state index in [-0.39, 0.29) is 12.4 Å². The number of thiophene rings is 1. The Morgan fingerprint density at radius 3 is 2.85 bits per heavy atom. The van der Waals surface area contributed by atoms with E-state index in [1.165, 1.54) is 10.4 Å². The number of nitrogens with zero attached hydrogens (tertiary/aromatic N) is 1. The van der Waals surface area contributed by atoms with E-state index in [1.54, 1.807) is 11.3 Å². The monoisotopic (exact) mass is 304 g/mol. The molecule has 0 amide bonds. The lowest BCUT2D eigenvalue weighted by Crippen LogP contribution is -2.18. The topological polar surface area (TPSA) is 37.5 Å². The molecule has 102 valence electrons. The Bertz CT molecular complexity index is 761. The summed E-state index contributed by atoms with van der Waals surface area (Å²) >= 11 is 1.74. The van der Waals surface area contributed by atoms with Gasteiger partial charge in [-0.1, -0.05) is 24.3 Å². The Morgan fingerprint density at radius 1 is 1.15 bits per heavy atom. The van der Waals surface area contributed by atoms with E-state index in [9.17, 15) is 0 Å². The SMILES string of the molecule is Cl.c1csc(-c2cccc3c(C4=NCCN4)occ23)c1. The van der Waals surface area contributed by atoms with Crippen molar-refractivity contribution in [2.45, 2.75) is 0 Å². The van der Waals surface area contributed by atoms with Crippen molar-refractivity contribution in [2.75, 3.05) is 13.1 Å². The summed E-state index contributed by atoms with van der Waals surface area (Å²) in [5.74, 6) is 1.73. The Balaban J connectivity index is 0.00000121. The Morgan fingerprint density at radius 2 is 2.10 bits per heavy atom. The highest BCUT2D eigenvalue weighted by Gasteiger charge is 2.17. The maximum Gasteiger partial charge on any atom is 0.176 e. The molecule has 0 fully saturated rings. The number of rotatable bonds is 2. The van der Waals surface area contributed by atoms with Crippen molar-refractivity contribution in [2.24, 2.45) is 4.99 Å². The zero-order chi connectivity index (χ0) is 12.7. The van der Waals surface area contributed by atoms with Crippen LogP contribution in [0.1, 0.15) is 5.76 Å². The van der Waals surface area contributed by atoms with E-state index in [0.717, 1.165) is 35.5 Å². The highest BCUT2D eigenvalue weighted by atomic mass is 35.5. The van der Waals surface area contributed by atoms with Gasteiger partial charge in [0.25, 0.3) is 0 Å². The average molecular weight is 305 g/mol. The first-order valence-electron chi connectivity index (χ1n) is 6.26. The van der Waals surface area contributed by atoms with Gasteiger partial charge in [-0.2, -0.15) is 0 Å². The van der Waals surface area contributed by atoms with Crippen molar-refractivity contribution in [3.05, 3.63) is 47.7 Å². The lowest BCUT2D eigenvalue weighted by atomic mass is 10.1. The Kier molecular flexibility index (Phi) is 3.51. The van der Waals surface area contributed by atoms with Crippen LogP contribution in [0.2, 0.25) is 0 Å². The first kappa shape index (κ1) is 13.2. The number of aliphatic imine (C=N–C) groups is 1. The molecule has 4 rings (SSSR count). The van der Waals surface area contributed by atoms with E-state index in [1.807, 2.05) is 6.26 Å². The molecule has 1 aliphatic heterocycles. The number of benzene rings is 1. The van der Waals surface area contributed by atoms with Crippen LogP contribution in [0.5, 0.6) is 0 Å². The molecule has 0 spiro atoms. The summed E-state index contributed by atoms with van der Waals surface area (Å²) in [6.07, 6.45) is 1.84. The van der Waals surface area contributed by atoms with Crippen LogP contribution in [-0.4, -0.2) is 18.9 Å². The molecule has 3 aromatic rings. The molecule has 3 nitrogen and oxygen atoms in total. The second kappa shape index (κ2) is 5.31. The molecule has 0 unspecified atom stereocenters. The van der Waals surface area contributed by atoms with Gasteiger partial charge in [0.1, 0.15) is 0 Å². The highest BCUT2D eigenvalue weighted by molar-refractivity contribution is 7.13. The highest BCUT2D eigenvalue weighted by Crippen LogP contribution is 2.34. The lowest BCUT2D eigenvalue weighted by Gasteiger charge is -2.01. The molecule has 0 atom stereocenters. The molecule has 0 bridgehead atoms. The summed E-state index contributed by atoms with van der Waals surface area (Å²) < 4.78 is 5.75. The van der Waals surface area contributed by atoms with Crippen molar-refractivity contribution in [1.29, 1.82) is 0 Å². The van der Waals surface area contributed by atoms with E-state index in [4.69, 9.17) is 4.42 Å². The van der Waals surface area contributed by atoms with Crippen molar-refractivity contribution in [3.8, 4) is 10.4 Å². The molecule has 2 aromatic heterocycles. The predicted molar refractivity (Wildman–Crippen MR) is 86.2 cm³/mol. The maximum atomic E-state index is 5.75.